The van der Waals surface area contributed by atoms with Crippen molar-refractivity contribution < 1.29 is 22.7 Å². The Morgan fingerprint density at radius 1 is 1.16 bits per heavy atom. The van der Waals surface area contributed by atoms with E-state index < -0.39 is 17.6 Å². The molecule has 0 bridgehead atoms. The zero-order valence-corrected chi connectivity index (χ0v) is 13.5. The Balaban J connectivity index is 2.74. The first kappa shape index (κ1) is 16.2. The first-order valence-corrected chi connectivity index (χ1v) is 7.15. The molecule has 0 aliphatic rings. The van der Waals surface area contributed by atoms with E-state index in [9.17, 15) is 8.78 Å². The summed E-state index contributed by atoms with van der Waals surface area (Å²) in [7, 11) is 0.444. The lowest BCUT2D eigenvalue weighted by Gasteiger charge is -2.32. The highest BCUT2D eigenvalue weighted by Crippen LogP contribution is 2.23. The van der Waals surface area contributed by atoms with Crippen LogP contribution < -0.4 is 0 Å². The Hall–Kier alpha value is -0.823. The highest BCUT2D eigenvalue weighted by Gasteiger charge is 2.30. The second-order valence-electron chi connectivity index (χ2n) is 3.99. The number of aryl methyl sites for hydroxylation is 1. The maximum absolute atomic E-state index is 13.5. The minimum Gasteiger partial charge on any atom is -0.380 e. The van der Waals surface area contributed by atoms with Gasteiger partial charge in [0.05, 0.1) is 0 Å². The van der Waals surface area contributed by atoms with Gasteiger partial charge >= 0.3 is 0 Å². The third kappa shape index (κ3) is 4.65. The van der Waals surface area contributed by atoms with Gasteiger partial charge in [-0.25, -0.2) is 8.78 Å². The molecule has 0 spiro atoms. The van der Waals surface area contributed by atoms with Crippen LogP contribution in [0.5, 0.6) is 0 Å². The quantitative estimate of drug-likeness (QED) is 0.541. The monoisotopic (exact) mass is 290 g/mol. The first-order valence-electron chi connectivity index (χ1n) is 6.34. The number of hydrogen-bond acceptors (Lipinski definition) is 3. The molecule has 0 aliphatic heterocycles. The summed E-state index contributed by atoms with van der Waals surface area (Å²) in [6, 6.07) is 3.54. The lowest BCUT2D eigenvalue weighted by atomic mass is 10.1. The summed E-state index contributed by atoms with van der Waals surface area (Å²) in [6.07, 6.45) is 0.717. The normalized spacial score (nSPS) is 12.0. The van der Waals surface area contributed by atoms with Gasteiger partial charge in [0, 0.05) is 25.7 Å². The Bertz CT molecular complexity index is 395. The summed E-state index contributed by atoms with van der Waals surface area (Å²) in [5.74, 6) is -2.26. The van der Waals surface area contributed by atoms with Gasteiger partial charge in [-0.15, -0.1) is 0 Å². The molecule has 6 heteroatoms. The smallest absolute Gasteiger partial charge is 0.272 e. The maximum Gasteiger partial charge on any atom is 0.272 e. The summed E-state index contributed by atoms with van der Waals surface area (Å²) in [4.78, 5) is 0. The molecule has 108 valence electrons. The van der Waals surface area contributed by atoms with Crippen LogP contribution in [0.4, 0.5) is 8.78 Å². The standard InChI is InChI=1S/C13H20F2O3Si/c1-3-16-13(18-19,17-4-2)8-7-10-5-6-11(14)9-12(10)15/h5-6,9H,3-4,7-8H2,1-2,19H3. The van der Waals surface area contributed by atoms with Crippen molar-refractivity contribution in [3.63, 3.8) is 0 Å². The molecule has 0 saturated heterocycles. The molecule has 0 N–H and O–H groups in total. The van der Waals surface area contributed by atoms with Crippen LogP contribution in [0.1, 0.15) is 25.8 Å². The van der Waals surface area contributed by atoms with Crippen LogP contribution in [-0.2, 0) is 20.3 Å². The predicted octanol–water partition coefficient (Wildman–Crippen LogP) is 1.92. The second kappa shape index (κ2) is 7.69. The van der Waals surface area contributed by atoms with Crippen molar-refractivity contribution in [1.82, 2.24) is 0 Å². The zero-order chi connectivity index (χ0) is 14.3. The summed E-state index contributed by atoms with van der Waals surface area (Å²) < 4.78 is 42.8. The molecule has 0 aliphatic carbocycles. The number of halogens is 2. The van der Waals surface area contributed by atoms with E-state index >= 15 is 0 Å². The van der Waals surface area contributed by atoms with Crippen molar-refractivity contribution in [2.45, 2.75) is 32.7 Å². The Kier molecular flexibility index (Phi) is 6.57. The average molecular weight is 290 g/mol. The summed E-state index contributed by atoms with van der Waals surface area (Å²) in [6.45, 7) is 4.56. The third-order valence-corrected chi connectivity index (χ3v) is 3.38. The lowest BCUT2D eigenvalue weighted by molar-refractivity contribution is -0.343. The van der Waals surface area contributed by atoms with E-state index in [0.717, 1.165) is 6.07 Å². The summed E-state index contributed by atoms with van der Waals surface area (Å²) >= 11 is 0. The molecule has 1 aromatic carbocycles. The molecule has 0 heterocycles. The van der Waals surface area contributed by atoms with Gasteiger partial charge in [0.15, 0.2) is 10.5 Å². The lowest BCUT2D eigenvalue weighted by Crippen LogP contribution is -2.39. The van der Waals surface area contributed by atoms with Crippen molar-refractivity contribution in [3.05, 3.63) is 35.4 Å². The van der Waals surface area contributed by atoms with Crippen molar-refractivity contribution in [3.8, 4) is 0 Å². The molecule has 0 aromatic heterocycles. The van der Waals surface area contributed by atoms with Crippen molar-refractivity contribution in [2.24, 2.45) is 0 Å². The summed E-state index contributed by atoms with van der Waals surface area (Å²) in [5.41, 5.74) is 0.420. The molecule has 0 fully saturated rings. The van der Waals surface area contributed by atoms with Crippen LogP contribution in [0, 0.1) is 11.6 Å². The van der Waals surface area contributed by atoms with Crippen LogP contribution in [0.2, 0.25) is 0 Å². The molecule has 0 radical (unpaired) electrons. The molecule has 1 aromatic rings. The number of rotatable bonds is 8. The van der Waals surface area contributed by atoms with Gasteiger partial charge in [0.2, 0.25) is 0 Å². The van der Waals surface area contributed by atoms with E-state index in [1.807, 2.05) is 13.8 Å². The number of benzene rings is 1. The fourth-order valence-corrected chi connectivity index (χ4v) is 2.30. The van der Waals surface area contributed by atoms with Crippen LogP contribution >= 0.6 is 0 Å². The first-order chi connectivity index (χ1) is 9.06. The average Bonchev–Trinajstić information content (AvgIpc) is 2.38. The molecule has 19 heavy (non-hydrogen) atoms. The van der Waals surface area contributed by atoms with Gasteiger partial charge < -0.3 is 13.9 Å². The molecule has 0 atom stereocenters. The van der Waals surface area contributed by atoms with Crippen molar-refractivity contribution in [2.75, 3.05) is 13.2 Å². The Labute approximate surface area is 115 Å². The van der Waals surface area contributed by atoms with E-state index in [4.69, 9.17) is 13.9 Å². The van der Waals surface area contributed by atoms with Crippen LogP contribution in [0.15, 0.2) is 18.2 Å². The van der Waals surface area contributed by atoms with E-state index in [1.54, 1.807) is 0 Å². The van der Waals surface area contributed by atoms with E-state index in [0.29, 0.717) is 42.1 Å². The molecule has 3 nitrogen and oxygen atoms in total. The van der Waals surface area contributed by atoms with Crippen LogP contribution in [0.25, 0.3) is 0 Å². The fraction of sp³-hybridized carbons (Fsp3) is 0.538. The van der Waals surface area contributed by atoms with Gasteiger partial charge in [-0.3, -0.25) is 0 Å². The molecule has 0 unspecified atom stereocenters. The number of hydrogen-bond donors (Lipinski definition) is 0. The molecule has 1 rings (SSSR count). The second-order valence-corrected chi connectivity index (χ2v) is 4.40. The van der Waals surface area contributed by atoms with Gasteiger partial charge in [-0.2, -0.15) is 0 Å². The zero-order valence-electron chi connectivity index (χ0n) is 11.5. The molecule has 0 saturated carbocycles. The molecule has 0 amide bonds. The maximum atomic E-state index is 13.5. The van der Waals surface area contributed by atoms with E-state index in [-0.39, 0.29) is 0 Å². The van der Waals surface area contributed by atoms with Gasteiger partial charge in [0.1, 0.15) is 11.6 Å². The van der Waals surface area contributed by atoms with Gasteiger partial charge in [-0.1, -0.05) is 6.07 Å². The third-order valence-electron chi connectivity index (χ3n) is 2.76. The Morgan fingerprint density at radius 2 is 1.79 bits per heavy atom. The largest absolute Gasteiger partial charge is 0.380 e. The fourth-order valence-electron chi connectivity index (χ4n) is 1.86. The minimum absolute atomic E-state index is 0.356. The predicted molar refractivity (Wildman–Crippen MR) is 71.7 cm³/mol. The molecular weight excluding hydrogens is 270 g/mol. The van der Waals surface area contributed by atoms with E-state index in [1.165, 1.54) is 12.1 Å². The SMILES string of the molecule is CCOC(CCc1ccc(F)cc1F)(O[SiH3])OCC. The van der Waals surface area contributed by atoms with Gasteiger partial charge in [-0.05, 0) is 31.9 Å². The molecular formula is C13H20F2O3Si. The summed E-state index contributed by atoms with van der Waals surface area (Å²) in [5, 5.41) is 0. The highest BCUT2D eigenvalue weighted by atomic mass is 28.2. The number of ether oxygens (including phenoxy) is 2. The van der Waals surface area contributed by atoms with Crippen LogP contribution in [-0.4, -0.2) is 29.7 Å². The van der Waals surface area contributed by atoms with Crippen molar-refractivity contribution in [1.29, 1.82) is 0 Å². The van der Waals surface area contributed by atoms with E-state index in [2.05, 4.69) is 0 Å². The topological polar surface area (TPSA) is 27.7 Å². The Morgan fingerprint density at radius 3 is 2.26 bits per heavy atom. The minimum atomic E-state index is -1.11. The van der Waals surface area contributed by atoms with Crippen molar-refractivity contribution >= 4 is 10.5 Å². The van der Waals surface area contributed by atoms with Crippen LogP contribution in [0.3, 0.4) is 0 Å². The van der Waals surface area contributed by atoms with Gasteiger partial charge in [0.25, 0.3) is 5.97 Å². The highest BCUT2D eigenvalue weighted by molar-refractivity contribution is 5.98.